The minimum absolute atomic E-state index is 0.117. The van der Waals surface area contributed by atoms with Crippen LogP contribution in [0.4, 0.5) is 9.93 Å². The Kier molecular flexibility index (Phi) is 5.47. The van der Waals surface area contributed by atoms with E-state index < -0.39 is 6.10 Å². The van der Waals surface area contributed by atoms with Crippen LogP contribution in [0.1, 0.15) is 54.7 Å². The molecule has 1 saturated carbocycles. The summed E-state index contributed by atoms with van der Waals surface area (Å²) < 4.78 is 1.58. The predicted molar refractivity (Wildman–Crippen MR) is 93.1 cm³/mol. The molecule has 2 amide bonds. The van der Waals surface area contributed by atoms with Crippen LogP contribution in [0.5, 0.6) is 0 Å². The molecule has 1 aliphatic rings. The highest BCUT2D eigenvalue weighted by Crippen LogP contribution is 2.36. The number of aryl methyl sites for hydroxylation is 1. The fraction of sp³-hybridized carbons (Fsp3) is 0.562. The third kappa shape index (κ3) is 4.12. The van der Waals surface area contributed by atoms with Crippen molar-refractivity contribution in [3.05, 3.63) is 29.0 Å². The lowest BCUT2D eigenvalue weighted by Gasteiger charge is -2.19. The Morgan fingerprint density at radius 2 is 2.25 bits per heavy atom. The van der Waals surface area contributed by atoms with Gasteiger partial charge in [-0.2, -0.15) is 5.10 Å². The zero-order valence-corrected chi connectivity index (χ0v) is 14.6. The molecule has 0 aliphatic heterocycles. The molecule has 0 aromatic carbocycles. The van der Waals surface area contributed by atoms with Crippen molar-refractivity contribution in [3.8, 4) is 0 Å². The number of carbonyl (C=O) groups excluding carboxylic acids is 1. The number of thiazole rings is 1. The van der Waals surface area contributed by atoms with E-state index in [2.05, 4.69) is 20.7 Å². The molecule has 0 radical (unpaired) electrons. The van der Waals surface area contributed by atoms with Crippen LogP contribution in [0, 0.1) is 0 Å². The number of aliphatic hydroxyl groups is 1. The maximum absolute atomic E-state index is 12.0. The van der Waals surface area contributed by atoms with E-state index in [0.29, 0.717) is 16.7 Å². The van der Waals surface area contributed by atoms with Crippen LogP contribution in [0.15, 0.2) is 18.5 Å². The van der Waals surface area contributed by atoms with Crippen LogP contribution in [0.25, 0.3) is 0 Å². The SMILES string of the molecule is Cn1nccc1C(O)CNC(=O)Nc1ncc(C2CCCCC2)s1. The summed E-state index contributed by atoms with van der Waals surface area (Å²) >= 11 is 1.54. The number of hydrogen-bond acceptors (Lipinski definition) is 5. The largest absolute Gasteiger partial charge is 0.385 e. The van der Waals surface area contributed by atoms with E-state index in [-0.39, 0.29) is 12.6 Å². The van der Waals surface area contributed by atoms with Crippen molar-refractivity contribution in [3.63, 3.8) is 0 Å². The Morgan fingerprint density at radius 3 is 2.96 bits per heavy atom. The number of rotatable bonds is 5. The number of anilines is 1. The van der Waals surface area contributed by atoms with Crippen molar-refractivity contribution < 1.29 is 9.90 Å². The van der Waals surface area contributed by atoms with Crippen LogP contribution in [0.3, 0.4) is 0 Å². The van der Waals surface area contributed by atoms with Crippen molar-refractivity contribution in [2.75, 3.05) is 11.9 Å². The summed E-state index contributed by atoms with van der Waals surface area (Å²) in [5, 5.41) is 20.1. The minimum Gasteiger partial charge on any atom is -0.385 e. The minimum atomic E-state index is -0.794. The number of nitrogens with one attached hydrogen (secondary N) is 2. The standard InChI is InChI=1S/C16H23N5O2S/c1-21-12(7-8-19-21)13(22)9-17-15(23)20-16-18-10-14(24-16)11-5-3-2-4-6-11/h7-8,10-11,13,22H,2-6,9H2,1H3,(H2,17,18,20,23). The molecule has 2 heterocycles. The molecule has 3 N–H and O–H groups in total. The summed E-state index contributed by atoms with van der Waals surface area (Å²) in [4.78, 5) is 17.5. The fourth-order valence-corrected chi connectivity index (χ4v) is 4.05. The zero-order valence-electron chi connectivity index (χ0n) is 13.7. The predicted octanol–water partition coefficient (Wildman–Crippen LogP) is 2.78. The first-order chi connectivity index (χ1) is 11.6. The lowest BCUT2D eigenvalue weighted by Crippen LogP contribution is -2.32. The monoisotopic (exact) mass is 349 g/mol. The number of aromatic nitrogens is 3. The van der Waals surface area contributed by atoms with Gasteiger partial charge in [-0.1, -0.05) is 19.3 Å². The summed E-state index contributed by atoms with van der Waals surface area (Å²) in [5.41, 5.74) is 0.657. The van der Waals surface area contributed by atoms with E-state index in [1.54, 1.807) is 35.3 Å². The summed E-state index contributed by atoms with van der Waals surface area (Å²) in [6.45, 7) is 0.117. The second-order valence-corrected chi connectivity index (χ2v) is 7.20. The van der Waals surface area contributed by atoms with Gasteiger partial charge in [0.05, 0.1) is 12.2 Å². The van der Waals surface area contributed by atoms with Crippen LogP contribution in [-0.2, 0) is 7.05 Å². The van der Waals surface area contributed by atoms with Gasteiger partial charge in [0, 0.05) is 24.3 Å². The summed E-state index contributed by atoms with van der Waals surface area (Å²) in [6, 6.07) is 1.36. The molecule has 0 spiro atoms. The number of aliphatic hydroxyl groups excluding tert-OH is 1. The molecular weight excluding hydrogens is 326 g/mol. The quantitative estimate of drug-likeness (QED) is 0.774. The number of amides is 2. The average molecular weight is 349 g/mol. The first-order valence-corrected chi connectivity index (χ1v) is 9.11. The third-order valence-electron chi connectivity index (χ3n) is 4.41. The lowest BCUT2D eigenvalue weighted by molar-refractivity contribution is 0.166. The summed E-state index contributed by atoms with van der Waals surface area (Å²) in [5.74, 6) is 0.585. The highest BCUT2D eigenvalue weighted by atomic mass is 32.1. The number of urea groups is 1. The summed E-state index contributed by atoms with van der Waals surface area (Å²) in [7, 11) is 1.75. The van der Waals surface area contributed by atoms with E-state index in [4.69, 9.17) is 0 Å². The molecule has 1 unspecified atom stereocenters. The Morgan fingerprint density at radius 1 is 1.46 bits per heavy atom. The highest BCUT2D eigenvalue weighted by Gasteiger charge is 2.19. The molecule has 7 nitrogen and oxygen atoms in total. The second-order valence-electron chi connectivity index (χ2n) is 6.13. The molecule has 130 valence electrons. The van der Waals surface area contributed by atoms with Crippen molar-refractivity contribution in [2.24, 2.45) is 7.05 Å². The Bertz CT molecular complexity index is 678. The normalized spacial score (nSPS) is 16.8. The van der Waals surface area contributed by atoms with Crippen molar-refractivity contribution in [1.82, 2.24) is 20.1 Å². The molecule has 1 aliphatic carbocycles. The number of nitrogens with zero attached hydrogens (tertiary/aromatic N) is 3. The van der Waals surface area contributed by atoms with Gasteiger partial charge in [-0.3, -0.25) is 10.00 Å². The van der Waals surface area contributed by atoms with Crippen molar-refractivity contribution in [2.45, 2.75) is 44.1 Å². The van der Waals surface area contributed by atoms with E-state index in [9.17, 15) is 9.90 Å². The van der Waals surface area contributed by atoms with Gasteiger partial charge in [0.2, 0.25) is 0 Å². The third-order valence-corrected chi connectivity index (χ3v) is 5.48. The maximum atomic E-state index is 12.0. The van der Waals surface area contributed by atoms with Crippen molar-refractivity contribution >= 4 is 22.5 Å². The molecule has 3 rings (SSSR count). The number of carbonyl (C=O) groups is 1. The smallest absolute Gasteiger partial charge is 0.321 e. The Labute approximate surface area is 145 Å². The number of hydrogen-bond donors (Lipinski definition) is 3. The lowest BCUT2D eigenvalue weighted by atomic mass is 9.89. The van der Waals surface area contributed by atoms with Gasteiger partial charge in [-0.25, -0.2) is 9.78 Å². The van der Waals surface area contributed by atoms with Crippen LogP contribution in [-0.4, -0.2) is 32.4 Å². The van der Waals surface area contributed by atoms with Gasteiger partial charge in [0.1, 0.15) is 6.10 Å². The van der Waals surface area contributed by atoms with E-state index in [0.717, 1.165) is 0 Å². The fourth-order valence-electron chi connectivity index (χ4n) is 3.07. The zero-order chi connectivity index (χ0) is 16.9. The molecule has 0 saturated heterocycles. The Hall–Kier alpha value is -1.93. The molecule has 1 atom stereocenters. The van der Waals surface area contributed by atoms with Gasteiger partial charge in [0.25, 0.3) is 0 Å². The molecule has 0 bridgehead atoms. The van der Waals surface area contributed by atoms with Gasteiger partial charge in [-0.15, -0.1) is 11.3 Å². The topological polar surface area (TPSA) is 92.1 Å². The van der Waals surface area contributed by atoms with Gasteiger partial charge < -0.3 is 10.4 Å². The van der Waals surface area contributed by atoms with Crippen LogP contribution < -0.4 is 10.6 Å². The van der Waals surface area contributed by atoms with E-state index >= 15 is 0 Å². The molecule has 24 heavy (non-hydrogen) atoms. The molecule has 2 aromatic rings. The van der Waals surface area contributed by atoms with Gasteiger partial charge >= 0.3 is 6.03 Å². The maximum Gasteiger partial charge on any atom is 0.321 e. The van der Waals surface area contributed by atoms with E-state index in [1.165, 1.54) is 37.0 Å². The molecule has 8 heteroatoms. The second kappa shape index (κ2) is 7.76. The van der Waals surface area contributed by atoms with Gasteiger partial charge in [-0.05, 0) is 24.8 Å². The molecular formula is C16H23N5O2S. The Balaban J connectivity index is 1.48. The molecule has 2 aromatic heterocycles. The first kappa shape index (κ1) is 16.9. The van der Waals surface area contributed by atoms with Crippen LogP contribution >= 0.6 is 11.3 Å². The van der Waals surface area contributed by atoms with E-state index in [1.807, 2.05) is 6.20 Å². The highest BCUT2D eigenvalue weighted by molar-refractivity contribution is 7.15. The first-order valence-electron chi connectivity index (χ1n) is 8.30. The van der Waals surface area contributed by atoms with Crippen LogP contribution in [0.2, 0.25) is 0 Å². The summed E-state index contributed by atoms with van der Waals surface area (Å²) in [6.07, 6.45) is 8.99. The molecule has 1 fully saturated rings. The average Bonchev–Trinajstić information content (AvgIpc) is 3.22. The van der Waals surface area contributed by atoms with Gasteiger partial charge in [0.15, 0.2) is 5.13 Å². The van der Waals surface area contributed by atoms with Crippen molar-refractivity contribution in [1.29, 1.82) is 0 Å².